The Bertz CT molecular complexity index is 361. The summed E-state index contributed by atoms with van der Waals surface area (Å²) in [5.74, 6) is 0.332. The zero-order valence-corrected chi connectivity index (χ0v) is 7.38. The van der Waals surface area contributed by atoms with Crippen molar-refractivity contribution >= 4 is 10.3 Å². The van der Waals surface area contributed by atoms with Crippen LogP contribution in [0.1, 0.15) is 11.5 Å². The van der Waals surface area contributed by atoms with Crippen molar-refractivity contribution in [3.05, 3.63) is 11.5 Å². The van der Waals surface area contributed by atoms with Crippen molar-refractivity contribution in [1.82, 2.24) is 5.16 Å². The average Bonchev–Trinajstić information content (AvgIpc) is 2.16. The van der Waals surface area contributed by atoms with Gasteiger partial charge in [0.25, 0.3) is 0 Å². The second kappa shape index (κ2) is 2.76. The molecule has 0 spiro atoms. The van der Waals surface area contributed by atoms with Gasteiger partial charge in [-0.25, -0.2) is 0 Å². The van der Waals surface area contributed by atoms with E-state index in [0.29, 0.717) is 5.69 Å². The second-order valence-corrected chi connectivity index (χ2v) is 3.38. The average molecular weight is 192 g/mol. The fraction of sp³-hybridized carbons (Fsp3) is 0.400. The van der Waals surface area contributed by atoms with Crippen molar-refractivity contribution in [2.45, 2.75) is 13.8 Å². The third-order valence-electron chi connectivity index (χ3n) is 1.17. The van der Waals surface area contributed by atoms with Crippen LogP contribution < -0.4 is 9.32 Å². The molecular weight excluding hydrogens is 184 g/mol. The van der Waals surface area contributed by atoms with Crippen molar-refractivity contribution in [1.29, 1.82) is 0 Å². The third-order valence-corrected chi connectivity index (χ3v) is 1.57. The van der Waals surface area contributed by atoms with Crippen molar-refractivity contribution in [2.75, 3.05) is 0 Å². The summed E-state index contributed by atoms with van der Waals surface area (Å²) < 4.78 is 30.0. The lowest BCUT2D eigenvalue weighted by Gasteiger charge is -1.98. The summed E-state index contributed by atoms with van der Waals surface area (Å²) in [4.78, 5) is 0. The Labute approximate surface area is 69.5 Å². The van der Waals surface area contributed by atoms with E-state index in [2.05, 4.69) is 19.0 Å². The molecule has 0 fully saturated rings. The van der Waals surface area contributed by atoms with Crippen LogP contribution >= 0.6 is 0 Å². The largest absolute Gasteiger partial charge is 0.380 e. The van der Waals surface area contributed by atoms with Gasteiger partial charge in [-0.1, -0.05) is 5.16 Å². The molecule has 0 saturated heterocycles. The summed E-state index contributed by atoms with van der Waals surface area (Å²) in [5.41, 5.74) is 0.349. The zero-order chi connectivity index (χ0) is 9.35. The number of aryl methyl sites for hydroxylation is 2. The van der Waals surface area contributed by atoms with Crippen LogP contribution in [0.25, 0.3) is 0 Å². The summed E-state index contributed by atoms with van der Waals surface area (Å²) >= 11 is 0. The van der Waals surface area contributed by atoms with Crippen LogP contribution in [0.15, 0.2) is 4.52 Å². The van der Waals surface area contributed by atoms with Gasteiger partial charge in [-0.15, -0.1) is 0 Å². The molecule has 1 heterocycles. The molecule has 0 aliphatic rings. The summed E-state index contributed by atoms with van der Waals surface area (Å²) in [5, 5.41) is 8.13. The SMILES string of the molecule is Cc1noc(C)c1OS(N)(=O)=O. The molecular formula is C5H8N2O4S. The van der Waals surface area contributed by atoms with Gasteiger partial charge in [-0.2, -0.15) is 13.6 Å². The molecule has 0 radical (unpaired) electrons. The normalized spacial score (nSPS) is 11.6. The molecule has 6 nitrogen and oxygen atoms in total. The minimum Gasteiger partial charge on any atom is -0.365 e. The number of nitrogens with two attached hydrogens (primary N) is 1. The smallest absolute Gasteiger partial charge is 0.365 e. The first kappa shape index (κ1) is 9.01. The van der Waals surface area contributed by atoms with Gasteiger partial charge in [0.15, 0.2) is 5.76 Å². The van der Waals surface area contributed by atoms with Gasteiger partial charge in [0, 0.05) is 6.92 Å². The Morgan fingerprint density at radius 3 is 2.42 bits per heavy atom. The molecule has 0 unspecified atom stereocenters. The van der Waals surface area contributed by atoms with Crippen molar-refractivity contribution < 1.29 is 17.1 Å². The maximum absolute atomic E-state index is 10.5. The van der Waals surface area contributed by atoms with E-state index < -0.39 is 10.3 Å². The third kappa shape index (κ3) is 1.95. The van der Waals surface area contributed by atoms with Gasteiger partial charge in [0.05, 0.1) is 0 Å². The monoisotopic (exact) mass is 192 g/mol. The number of hydrogen-bond acceptors (Lipinski definition) is 5. The Morgan fingerprint density at radius 1 is 1.50 bits per heavy atom. The highest BCUT2D eigenvalue weighted by molar-refractivity contribution is 7.84. The fourth-order valence-electron chi connectivity index (χ4n) is 0.710. The van der Waals surface area contributed by atoms with Gasteiger partial charge >= 0.3 is 10.3 Å². The number of rotatable bonds is 2. The van der Waals surface area contributed by atoms with Crippen LogP contribution in [0.2, 0.25) is 0 Å². The van der Waals surface area contributed by atoms with Gasteiger partial charge < -0.3 is 8.71 Å². The van der Waals surface area contributed by atoms with E-state index in [9.17, 15) is 8.42 Å². The minimum absolute atomic E-state index is 0.0532. The summed E-state index contributed by atoms with van der Waals surface area (Å²) in [7, 11) is -3.99. The van der Waals surface area contributed by atoms with Crippen LogP contribution in [0.4, 0.5) is 0 Å². The van der Waals surface area contributed by atoms with E-state index in [0.717, 1.165) is 0 Å². The summed E-state index contributed by atoms with van der Waals surface area (Å²) in [6, 6.07) is 0. The molecule has 0 aliphatic heterocycles. The second-order valence-electron chi connectivity index (χ2n) is 2.23. The number of hydrogen-bond donors (Lipinski definition) is 1. The molecule has 0 saturated carbocycles. The minimum atomic E-state index is -3.99. The lowest BCUT2D eigenvalue weighted by Crippen LogP contribution is -2.19. The maximum atomic E-state index is 10.5. The molecule has 0 aromatic carbocycles. The highest BCUT2D eigenvalue weighted by Crippen LogP contribution is 2.22. The number of aromatic nitrogens is 1. The van der Waals surface area contributed by atoms with Crippen LogP contribution in [0.5, 0.6) is 5.75 Å². The van der Waals surface area contributed by atoms with Gasteiger partial charge in [0.2, 0.25) is 5.75 Å². The van der Waals surface area contributed by atoms with Crippen molar-refractivity contribution in [3.63, 3.8) is 0 Å². The van der Waals surface area contributed by atoms with E-state index in [1.54, 1.807) is 6.92 Å². The Hall–Kier alpha value is -1.08. The molecule has 12 heavy (non-hydrogen) atoms. The fourth-order valence-corrected chi connectivity index (χ4v) is 1.18. The van der Waals surface area contributed by atoms with Crippen LogP contribution in [0, 0.1) is 13.8 Å². The predicted octanol–water partition coefficient (Wildman–Crippen LogP) is -0.126. The highest BCUT2D eigenvalue weighted by atomic mass is 32.2. The zero-order valence-electron chi connectivity index (χ0n) is 6.57. The Morgan fingerprint density at radius 2 is 2.08 bits per heavy atom. The predicted molar refractivity (Wildman–Crippen MR) is 39.7 cm³/mol. The summed E-state index contributed by atoms with van der Waals surface area (Å²) in [6.07, 6.45) is 0. The lowest BCUT2D eigenvalue weighted by atomic mass is 10.4. The van der Waals surface area contributed by atoms with Crippen molar-refractivity contribution in [2.24, 2.45) is 5.14 Å². The van der Waals surface area contributed by atoms with Gasteiger partial charge in [-0.05, 0) is 6.92 Å². The molecule has 2 N–H and O–H groups in total. The van der Waals surface area contributed by atoms with Gasteiger partial charge in [-0.3, -0.25) is 0 Å². The molecule has 0 amide bonds. The first-order chi connectivity index (χ1) is 5.40. The Kier molecular flexibility index (Phi) is 2.07. The van der Waals surface area contributed by atoms with Crippen LogP contribution in [-0.2, 0) is 10.3 Å². The maximum Gasteiger partial charge on any atom is 0.380 e. The van der Waals surface area contributed by atoms with E-state index in [1.165, 1.54) is 6.92 Å². The molecule has 1 rings (SSSR count). The summed E-state index contributed by atoms with van der Waals surface area (Å²) in [6.45, 7) is 3.08. The lowest BCUT2D eigenvalue weighted by molar-refractivity contribution is 0.388. The molecule has 1 aromatic rings. The molecule has 1 aromatic heterocycles. The van der Waals surface area contributed by atoms with Crippen molar-refractivity contribution in [3.8, 4) is 5.75 Å². The van der Waals surface area contributed by atoms with E-state index in [1.807, 2.05) is 0 Å². The first-order valence-electron chi connectivity index (χ1n) is 3.05. The van der Waals surface area contributed by atoms with E-state index in [-0.39, 0.29) is 11.5 Å². The Balaban J connectivity index is 3.04. The molecule has 0 bridgehead atoms. The topological polar surface area (TPSA) is 95.4 Å². The first-order valence-corrected chi connectivity index (χ1v) is 4.52. The standard InChI is InChI=1S/C5H8N2O4S/c1-3-5(4(2)10-7-3)11-12(6,8)9/h1-2H3,(H2,6,8,9). The molecule has 68 valence electrons. The molecule has 0 aliphatic carbocycles. The quantitative estimate of drug-likeness (QED) is 0.704. The number of nitrogens with zero attached hydrogens (tertiary/aromatic N) is 1. The van der Waals surface area contributed by atoms with Crippen LogP contribution in [0.3, 0.4) is 0 Å². The molecule has 0 atom stereocenters. The van der Waals surface area contributed by atoms with Crippen LogP contribution in [-0.4, -0.2) is 13.6 Å². The molecule has 7 heteroatoms. The van der Waals surface area contributed by atoms with E-state index in [4.69, 9.17) is 0 Å². The highest BCUT2D eigenvalue weighted by Gasteiger charge is 2.15. The van der Waals surface area contributed by atoms with E-state index >= 15 is 0 Å². The van der Waals surface area contributed by atoms with Gasteiger partial charge in [0.1, 0.15) is 5.69 Å².